The van der Waals surface area contributed by atoms with Gasteiger partial charge in [0.2, 0.25) is 5.91 Å². The van der Waals surface area contributed by atoms with E-state index in [2.05, 4.69) is 10.3 Å². The fourth-order valence-electron chi connectivity index (χ4n) is 3.68. The fourth-order valence-corrected chi connectivity index (χ4v) is 4.36. The number of furan rings is 1. The average molecular weight is 507 g/mol. The molecule has 35 heavy (non-hydrogen) atoms. The van der Waals surface area contributed by atoms with Crippen LogP contribution in [-0.2, 0) is 11.0 Å². The topological polar surface area (TPSA) is 95.8 Å². The third-order valence-corrected chi connectivity index (χ3v) is 6.35. The number of aryl methyl sites for hydroxylation is 1. The van der Waals surface area contributed by atoms with Gasteiger partial charge in [0, 0.05) is 44.0 Å². The van der Waals surface area contributed by atoms with Crippen molar-refractivity contribution in [3.05, 3.63) is 58.3 Å². The number of hydrogen-bond donors (Lipinski definition) is 1. The highest BCUT2D eigenvalue weighted by atomic mass is 32.1. The molecular weight excluding hydrogens is 485 g/mol. The molecule has 2 aromatic heterocycles. The zero-order valence-electron chi connectivity index (χ0n) is 18.8. The normalized spacial score (nSPS) is 14.2. The molecule has 1 aliphatic heterocycles. The van der Waals surface area contributed by atoms with E-state index in [0.29, 0.717) is 26.2 Å². The van der Waals surface area contributed by atoms with E-state index in [4.69, 9.17) is 4.42 Å². The van der Waals surface area contributed by atoms with Crippen molar-refractivity contribution in [1.82, 2.24) is 14.8 Å². The summed E-state index contributed by atoms with van der Waals surface area (Å²) in [5.74, 6) is -0.546. The molecule has 0 bridgehead atoms. The van der Waals surface area contributed by atoms with Crippen molar-refractivity contribution in [2.45, 2.75) is 20.0 Å². The molecule has 12 heteroatoms. The Kier molecular flexibility index (Phi) is 6.66. The maximum absolute atomic E-state index is 13.0. The molecule has 3 heterocycles. The Labute approximate surface area is 202 Å². The third kappa shape index (κ3) is 5.37. The van der Waals surface area contributed by atoms with Gasteiger partial charge in [-0.2, -0.15) is 13.2 Å². The number of thiazole rings is 1. The van der Waals surface area contributed by atoms with Crippen molar-refractivity contribution >= 4 is 34.2 Å². The maximum Gasteiger partial charge on any atom is 0.416 e. The van der Waals surface area contributed by atoms with Crippen LogP contribution >= 0.6 is 11.3 Å². The van der Waals surface area contributed by atoms with Crippen molar-refractivity contribution in [3.8, 4) is 11.3 Å². The van der Waals surface area contributed by atoms with Crippen molar-refractivity contribution in [3.63, 3.8) is 0 Å². The van der Waals surface area contributed by atoms with Gasteiger partial charge in [0.1, 0.15) is 17.2 Å². The van der Waals surface area contributed by atoms with Crippen molar-refractivity contribution in [2.24, 2.45) is 0 Å². The van der Waals surface area contributed by atoms with E-state index in [9.17, 15) is 27.6 Å². The molecule has 3 aromatic rings. The number of alkyl halides is 3. The largest absolute Gasteiger partial charge is 0.461 e. The van der Waals surface area contributed by atoms with Crippen LogP contribution in [0.5, 0.6) is 0 Å². The van der Waals surface area contributed by atoms with Gasteiger partial charge in [0.15, 0.2) is 5.13 Å². The van der Waals surface area contributed by atoms with E-state index in [1.807, 2.05) is 0 Å². The van der Waals surface area contributed by atoms with Crippen LogP contribution in [0.2, 0.25) is 0 Å². The lowest BCUT2D eigenvalue weighted by Crippen LogP contribution is -2.50. The molecule has 0 unspecified atom stereocenters. The van der Waals surface area contributed by atoms with E-state index in [1.165, 1.54) is 37.4 Å². The predicted molar refractivity (Wildman–Crippen MR) is 122 cm³/mol. The number of piperazine rings is 1. The fraction of sp³-hybridized carbons (Fsp3) is 0.304. The number of halogens is 3. The first-order valence-electron chi connectivity index (χ1n) is 10.6. The molecule has 0 aliphatic carbocycles. The zero-order chi connectivity index (χ0) is 25.3. The Bertz CT molecular complexity index is 1280. The van der Waals surface area contributed by atoms with Gasteiger partial charge in [-0.1, -0.05) is 12.1 Å². The van der Waals surface area contributed by atoms with E-state index >= 15 is 0 Å². The first kappa shape index (κ1) is 24.5. The lowest BCUT2D eigenvalue weighted by atomic mass is 10.1. The van der Waals surface area contributed by atoms with E-state index in [0.717, 1.165) is 23.5 Å². The Morgan fingerprint density at radius 3 is 2.43 bits per heavy atom. The Morgan fingerprint density at radius 1 is 1.09 bits per heavy atom. The minimum atomic E-state index is -4.50. The second-order valence-corrected chi connectivity index (χ2v) is 8.81. The summed E-state index contributed by atoms with van der Waals surface area (Å²) in [5, 5.41) is 4.33. The van der Waals surface area contributed by atoms with Crippen LogP contribution in [0.15, 0.2) is 40.1 Å². The Balaban J connectivity index is 1.44. The minimum absolute atomic E-state index is 0.0403. The first-order chi connectivity index (χ1) is 16.5. The summed E-state index contributed by atoms with van der Waals surface area (Å²) in [6, 6.07) is 6.01. The highest BCUT2D eigenvalue weighted by molar-refractivity contribution is 7.14. The number of carbonyl (C=O) groups excluding carboxylic acids is 3. The second-order valence-electron chi connectivity index (χ2n) is 7.95. The zero-order valence-corrected chi connectivity index (χ0v) is 19.6. The van der Waals surface area contributed by atoms with Crippen LogP contribution in [0.1, 0.15) is 39.1 Å². The molecule has 1 saturated heterocycles. The van der Waals surface area contributed by atoms with E-state index < -0.39 is 17.6 Å². The molecule has 0 atom stereocenters. The van der Waals surface area contributed by atoms with Crippen LogP contribution in [-0.4, -0.2) is 58.7 Å². The monoisotopic (exact) mass is 506 g/mol. The highest BCUT2D eigenvalue weighted by Gasteiger charge is 2.31. The summed E-state index contributed by atoms with van der Waals surface area (Å²) in [6.45, 7) is 4.70. The number of amides is 3. The number of aromatic nitrogens is 1. The summed E-state index contributed by atoms with van der Waals surface area (Å²) in [7, 11) is 0. The highest BCUT2D eigenvalue weighted by Crippen LogP contribution is 2.33. The summed E-state index contributed by atoms with van der Waals surface area (Å²) in [6.07, 6.45) is -4.50. The third-order valence-electron chi connectivity index (χ3n) is 5.59. The molecule has 0 radical (unpaired) electrons. The predicted octanol–water partition coefficient (Wildman–Crippen LogP) is 4.29. The number of benzene rings is 1. The molecule has 3 amide bonds. The molecule has 0 saturated carbocycles. The van der Waals surface area contributed by atoms with Gasteiger partial charge in [-0.05, 0) is 25.1 Å². The van der Waals surface area contributed by atoms with Gasteiger partial charge < -0.3 is 14.2 Å². The smallest absolute Gasteiger partial charge is 0.416 e. The molecule has 1 fully saturated rings. The quantitative estimate of drug-likeness (QED) is 0.570. The summed E-state index contributed by atoms with van der Waals surface area (Å²) >= 11 is 1.07. The Hall–Kier alpha value is -3.67. The van der Waals surface area contributed by atoms with Crippen LogP contribution in [0.25, 0.3) is 11.3 Å². The number of rotatable bonds is 4. The van der Waals surface area contributed by atoms with Crippen molar-refractivity contribution in [2.75, 3.05) is 31.5 Å². The van der Waals surface area contributed by atoms with Crippen molar-refractivity contribution < 1.29 is 32.0 Å². The van der Waals surface area contributed by atoms with Gasteiger partial charge in [-0.3, -0.25) is 19.7 Å². The average Bonchev–Trinajstić information content (AvgIpc) is 3.45. The molecule has 0 spiro atoms. The van der Waals surface area contributed by atoms with E-state index in [-0.39, 0.29) is 45.3 Å². The van der Waals surface area contributed by atoms with E-state index in [1.54, 1.807) is 9.80 Å². The number of carbonyl (C=O) groups is 3. The standard InChI is InChI=1S/C23H21F3N4O4S/c1-13-17(11-19(34-13)15-4-3-5-16(10-15)23(24,25)26)20(32)28-22-27-18(12-35-22)21(33)30-8-6-29(7-9-30)14(2)31/h3-5,10-12H,6-9H2,1-2H3,(H,27,28,32). The van der Waals surface area contributed by atoms with Crippen LogP contribution < -0.4 is 5.32 Å². The molecule has 1 N–H and O–H groups in total. The number of nitrogens with one attached hydrogen (secondary N) is 1. The Morgan fingerprint density at radius 2 is 1.77 bits per heavy atom. The number of anilines is 1. The molecule has 1 aliphatic rings. The van der Waals surface area contributed by atoms with Crippen molar-refractivity contribution in [1.29, 1.82) is 0 Å². The summed E-state index contributed by atoms with van der Waals surface area (Å²) in [4.78, 5) is 44.4. The lowest BCUT2D eigenvalue weighted by Gasteiger charge is -2.33. The summed E-state index contributed by atoms with van der Waals surface area (Å²) < 4.78 is 44.6. The number of nitrogens with zero attached hydrogens (tertiary/aromatic N) is 3. The van der Waals surface area contributed by atoms with Gasteiger partial charge in [0.25, 0.3) is 11.8 Å². The number of hydrogen-bond acceptors (Lipinski definition) is 6. The molecular formula is C23H21F3N4O4S. The van der Waals surface area contributed by atoms with Crippen LogP contribution in [0.3, 0.4) is 0 Å². The van der Waals surface area contributed by atoms with Crippen LogP contribution in [0.4, 0.5) is 18.3 Å². The molecule has 4 rings (SSSR count). The van der Waals surface area contributed by atoms with Gasteiger partial charge in [-0.25, -0.2) is 4.98 Å². The maximum atomic E-state index is 13.0. The minimum Gasteiger partial charge on any atom is -0.461 e. The first-order valence-corrected chi connectivity index (χ1v) is 11.5. The van der Waals surface area contributed by atoms with Gasteiger partial charge in [0.05, 0.1) is 11.1 Å². The SMILES string of the molecule is CC(=O)N1CCN(C(=O)c2csc(NC(=O)c3cc(-c4cccc(C(F)(F)F)c4)oc3C)n2)CC1. The molecule has 8 nitrogen and oxygen atoms in total. The lowest BCUT2D eigenvalue weighted by molar-refractivity contribution is -0.137. The molecule has 184 valence electrons. The van der Waals surface area contributed by atoms with Gasteiger partial charge in [-0.15, -0.1) is 11.3 Å². The van der Waals surface area contributed by atoms with Crippen LogP contribution in [0, 0.1) is 6.92 Å². The molecule has 1 aromatic carbocycles. The summed E-state index contributed by atoms with van der Waals surface area (Å²) in [5.41, 5.74) is -0.317. The second kappa shape index (κ2) is 9.53. The van der Waals surface area contributed by atoms with Gasteiger partial charge >= 0.3 is 6.18 Å².